The predicted molar refractivity (Wildman–Crippen MR) is 40.4 cm³/mol. The molecule has 4 nitrogen and oxygen atoms in total. The summed E-state index contributed by atoms with van der Waals surface area (Å²) in [4.78, 5) is 0. The summed E-state index contributed by atoms with van der Waals surface area (Å²) in [5, 5.41) is 17.7. The molecular formula is C7H16O4. The number of aliphatic hydroxyl groups excluding tert-OH is 2. The second-order valence-electron chi connectivity index (χ2n) is 2.20. The molecular weight excluding hydrogens is 148 g/mol. The smallest absolute Gasteiger partial charge is 0.109 e. The normalized spacial score (nSPS) is 16.4. The highest BCUT2D eigenvalue weighted by Gasteiger charge is 2.17. The molecule has 0 aromatic carbocycles. The summed E-state index contributed by atoms with van der Waals surface area (Å²) in [5.74, 6) is 0. The van der Waals surface area contributed by atoms with Gasteiger partial charge in [0.15, 0.2) is 0 Å². The van der Waals surface area contributed by atoms with E-state index in [0.29, 0.717) is 13.2 Å². The molecule has 0 rings (SSSR count). The van der Waals surface area contributed by atoms with E-state index in [2.05, 4.69) is 0 Å². The monoisotopic (exact) mass is 164 g/mol. The average Bonchev–Trinajstić information content (AvgIpc) is 2.03. The topological polar surface area (TPSA) is 58.9 Å². The van der Waals surface area contributed by atoms with Gasteiger partial charge in [0.05, 0.1) is 13.2 Å². The van der Waals surface area contributed by atoms with E-state index in [0.717, 1.165) is 0 Å². The van der Waals surface area contributed by atoms with Crippen LogP contribution >= 0.6 is 0 Å². The SMILES string of the molecule is CCOC(COC)C(O)CO. The first-order chi connectivity index (χ1) is 5.26. The lowest BCUT2D eigenvalue weighted by molar-refractivity contribution is -0.0830. The number of aliphatic hydroxyl groups is 2. The highest BCUT2D eigenvalue weighted by atomic mass is 16.5. The molecule has 0 radical (unpaired) electrons. The van der Waals surface area contributed by atoms with Gasteiger partial charge in [-0.05, 0) is 6.92 Å². The van der Waals surface area contributed by atoms with Crippen molar-refractivity contribution in [2.75, 3.05) is 26.9 Å². The Labute approximate surface area is 66.7 Å². The fraction of sp³-hybridized carbons (Fsp3) is 1.00. The number of hydrogen-bond acceptors (Lipinski definition) is 4. The summed E-state index contributed by atoms with van der Waals surface area (Å²) in [6.45, 7) is 2.33. The molecule has 0 saturated heterocycles. The summed E-state index contributed by atoms with van der Waals surface area (Å²) in [6, 6.07) is 0. The molecule has 68 valence electrons. The standard InChI is InChI=1S/C7H16O4/c1-3-11-7(5-10-2)6(9)4-8/h6-9H,3-5H2,1-2H3. The van der Waals surface area contributed by atoms with Crippen LogP contribution in [0.15, 0.2) is 0 Å². The molecule has 2 N–H and O–H groups in total. The molecule has 0 heterocycles. The number of methoxy groups -OCH3 is 1. The zero-order chi connectivity index (χ0) is 8.69. The molecule has 0 saturated carbocycles. The van der Waals surface area contributed by atoms with Gasteiger partial charge in [-0.15, -0.1) is 0 Å². The second kappa shape index (κ2) is 6.54. The molecule has 2 unspecified atom stereocenters. The van der Waals surface area contributed by atoms with Gasteiger partial charge in [0, 0.05) is 13.7 Å². The highest BCUT2D eigenvalue weighted by molar-refractivity contribution is 4.66. The summed E-state index contributed by atoms with van der Waals surface area (Å²) < 4.78 is 9.88. The van der Waals surface area contributed by atoms with Gasteiger partial charge in [0.25, 0.3) is 0 Å². The van der Waals surface area contributed by atoms with Gasteiger partial charge in [-0.25, -0.2) is 0 Å². The molecule has 0 bridgehead atoms. The molecule has 0 aliphatic carbocycles. The average molecular weight is 164 g/mol. The Morgan fingerprint density at radius 1 is 1.45 bits per heavy atom. The van der Waals surface area contributed by atoms with Gasteiger partial charge >= 0.3 is 0 Å². The van der Waals surface area contributed by atoms with Crippen molar-refractivity contribution in [2.24, 2.45) is 0 Å². The van der Waals surface area contributed by atoms with Gasteiger partial charge in [-0.3, -0.25) is 0 Å². The van der Waals surface area contributed by atoms with Crippen molar-refractivity contribution in [1.29, 1.82) is 0 Å². The van der Waals surface area contributed by atoms with E-state index in [-0.39, 0.29) is 6.61 Å². The van der Waals surface area contributed by atoms with Gasteiger partial charge in [-0.2, -0.15) is 0 Å². The van der Waals surface area contributed by atoms with E-state index in [4.69, 9.17) is 19.7 Å². The minimum absolute atomic E-state index is 0.298. The molecule has 0 aromatic heterocycles. The van der Waals surface area contributed by atoms with E-state index >= 15 is 0 Å². The Kier molecular flexibility index (Phi) is 6.45. The first-order valence-electron chi connectivity index (χ1n) is 3.65. The van der Waals surface area contributed by atoms with E-state index in [9.17, 15) is 0 Å². The lowest BCUT2D eigenvalue weighted by Gasteiger charge is -2.19. The van der Waals surface area contributed by atoms with Crippen LogP contribution in [0.25, 0.3) is 0 Å². The van der Waals surface area contributed by atoms with Crippen molar-refractivity contribution in [1.82, 2.24) is 0 Å². The fourth-order valence-electron chi connectivity index (χ4n) is 0.766. The molecule has 0 aliphatic rings. The lowest BCUT2D eigenvalue weighted by Crippen LogP contribution is -2.35. The van der Waals surface area contributed by atoms with Gasteiger partial charge in [-0.1, -0.05) is 0 Å². The van der Waals surface area contributed by atoms with Crippen molar-refractivity contribution in [3.63, 3.8) is 0 Å². The molecule has 2 atom stereocenters. The first kappa shape index (κ1) is 10.8. The second-order valence-corrected chi connectivity index (χ2v) is 2.20. The van der Waals surface area contributed by atoms with Crippen LogP contribution in [-0.4, -0.2) is 49.4 Å². The zero-order valence-corrected chi connectivity index (χ0v) is 6.99. The third-order valence-electron chi connectivity index (χ3n) is 1.33. The van der Waals surface area contributed by atoms with Gasteiger partial charge in [0.2, 0.25) is 0 Å². The predicted octanol–water partition coefficient (Wildman–Crippen LogP) is -0.609. The quantitative estimate of drug-likeness (QED) is 0.550. The van der Waals surface area contributed by atoms with Crippen LogP contribution < -0.4 is 0 Å². The largest absolute Gasteiger partial charge is 0.394 e. The number of hydrogen-bond donors (Lipinski definition) is 2. The van der Waals surface area contributed by atoms with E-state index < -0.39 is 12.2 Å². The molecule has 0 aliphatic heterocycles. The molecule has 4 heteroatoms. The first-order valence-corrected chi connectivity index (χ1v) is 3.65. The molecule has 0 fully saturated rings. The fourth-order valence-corrected chi connectivity index (χ4v) is 0.766. The van der Waals surface area contributed by atoms with Crippen molar-refractivity contribution in [3.05, 3.63) is 0 Å². The summed E-state index contributed by atoms with van der Waals surface area (Å²) in [6.07, 6.45) is -1.27. The molecule has 0 aromatic rings. The highest BCUT2D eigenvalue weighted by Crippen LogP contribution is 1.99. The lowest BCUT2D eigenvalue weighted by atomic mass is 10.2. The Morgan fingerprint density at radius 2 is 2.09 bits per heavy atom. The zero-order valence-electron chi connectivity index (χ0n) is 6.99. The summed E-state index contributed by atoms with van der Waals surface area (Å²) >= 11 is 0. The molecule has 0 amide bonds. The van der Waals surface area contributed by atoms with Crippen molar-refractivity contribution in [2.45, 2.75) is 19.1 Å². The van der Waals surface area contributed by atoms with Crippen LogP contribution in [0.3, 0.4) is 0 Å². The van der Waals surface area contributed by atoms with Crippen molar-refractivity contribution >= 4 is 0 Å². The molecule has 11 heavy (non-hydrogen) atoms. The van der Waals surface area contributed by atoms with E-state index in [1.54, 1.807) is 0 Å². The van der Waals surface area contributed by atoms with Crippen molar-refractivity contribution < 1.29 is 19.7 Å². The van der Waals surface area contributed by atoms with Crippen LogP contribution in [0.1, 0.15) is 6.92 Å². The Hall–Kier alpha value is -0.160. The van der Waals surface area contributed by atoms with E-state index in [1.807, 2.05) is 6.92 Å². The van der Waals surface area contributed by atoms with Crippen LogP contribution in [0.5, 0.6) is 0 Å². The summed E-state index contributed by atoms with van der Waals surface area (Å²) in [5.41, 5.74) is 0. The Balaban J connectivity index is 3.66. The third-order valence-corrected chi connectivity index (χ3v) is 1.33. The van der Waals surface area contributed by atoms with Crippen LogP contribution in [0.4, 0.5) is 0 Å². The summed E-state index contributed by atoms with van der Waals surface area (Å²) in [7, 11) is 1.52. The minimum atomic E-state index is -0.852. The maximum atomic E-state index is 9.12. The number of rotatable bonds is 6. The van der Waals surface area contributed by atoms with Crippen LogP contribution in [0.2, 0.25) is 0 Å². The van der Waals surface area contributed by atoms with E-state index in [1.165, 1.54) is 7.11 Å². The van der Waals surface area contributed by atoms with Crippen LogP contribution in [0, 0.1) is 0 Å². The van der Waals surface area contributed by atoms with Gasteiger partial charge in [0.1, 0.15) is 12.2 Å². The Bertz CT molecular complexity index is 80.5. The minimum Gasteiger partial charge on any atom is -0.394 e. The maximum Gasteiger partial charge on any atom is 0.109 e. The third kappa shape index (κ3) is 4.31. The molecule has 0 spiro atoms. The van der Waals surface area contributed by atoms with Crippen LogP contribution in [-0.2, 0) is 9.47 Å². The number of ether oxygens (including phenoxy) is 2. The maximum absolute atomic E-state index is 9.12. The van der Waals surface area contributed by atoms with Gasteiger partial charge < -0.3 is 19.7 Å². The Morgan fingerprint density at radius 3 is 2.45 bits per heavy atom. The van der Waals surface area contributed by atoms with Crippen molar-refractivity contribution in [3.8, 4) is 0 Å².